The molecule has 11 nitrogen and oxygen atoms in total. The average Bonchev–Trinajstić information content (AvgIpc) is 3.14. The zero-order chi connectivity index (χ0) is 25.2. The van der Waals surface area contributed by atoms with Crippen molar-refractivity contribution in [2.24, 2.45) is 5.73 Å². The fourth-order valence-electron chi connectivity index (χ4n) is 3.08. The lowest BCUT2D eigenvalue weighted by atomic mass is 10.0. The summed E-state index contributed by atoms with van der Waals surface area (Å²) < 4.78 is 47.9. The van der Waals surface area contributed by atoms with E-state index in [-0.39, 0.29) is 11.3 Å². The maximum absolute atomic E-state index is 12.9. The van der Waals surface area contributed by atoms with E-state index in [1.165, 1.54) is 36.2 Å². The van der Waals surface area contributed by atoms with Crippen LogP contribution in [0.2, 0.25) is 0 Å². The molecule has 184 valence electrons. The van der Waals surface area contributed by atoms with Gasteiger partial charge in [-0.15, -0.1) is 0 Å². The van der Waals surface area contributed by atoms with Crippen LogP contribution in [0.25, 0.3) is 16.9 Å². The molecule has 0 fully saturated rings. The second-order valence-electron chi connectivity index (χ2n) is 7.61. The SMILES string of the molecule is COc1cc(-c2cnc3cc(OC(C)C(C)(C)OP(O)O)cnn23)cc(OC(F)F)c1C(N)=O. The number of ether oxygens (including phenoxy) is 3. The normalized spacial score (nSPS) is 12.9. The first-order chi connectivity index (χ1) is 15.9. The Kier molecular flexibility index (Phi) is 7.51. The summed E-state index contributed by atoms with van der Waals surface area (Å²) in [7, 11) is -1.31. The van der Waals surface area contributed by atoms with Crippen molar-refractivity contribution in [2.45, 2.75) is 39.1 Å². The number of imidazole rings is 1. The molecule has 1 atom stereocenters. The molecule has 0 aliphatic rings. The summed E-state index contributed by atoms with van der Waals surface area (Å²) in [5.41, 5.74) is 5.06. The van der Waals surface area contributed by atoms with Gasteiger partial charge in [0.05, 0.1) is 25.2 Å². The van der Waals surface area contributed by atoms with Gasteiger partial charge in [-0.1, -0.05) is 0 Å². The largest absolute Gasteiger partial charge is 0.496 e. The highest BCUT2D eigenvalue weighted by atomic mass is 31.2. The van der Waals surface area contributed by atoms with Crippen LogP contribution in [0.5, 0.6) is 17.2 Å². The lowest BCUT2D eigenvalue weighted by Crippen LogP contribution is -2.39. The molecule has 0 spiro atoms. The number of alkyl halides is 2. The predicted molar refractivity (Wildman–Crippen MR) is 117 cm³/mol. The van der Waals surface area contributed by atoms with E-state index in [2.05, 4.69) is 14.8 Å². The minimum atomic E-state index is -3.19. The van der Waals surface area contributed by atoms with Crippen LogP contribution in [0, 0.1) is 0 Å². The summed E-state index contributed by atoms with van der Waals surface area (Å²) in [4.78, 5) is 34.3. The molecule has 0 saturated carbocycles. The maximum Gasteiger partial charge on any atom is 0.387 e. The first-order valence-electron chi connectivity index (χ1n) is 9.77. The number of fused-ring (bicyclic) bond motifs is 1. The lowest BCUT2D eigenvalue weighted by molar-refractivity contribution is -0.0502. The van der Waals surface area contributed by atoms with Crippen molar-refractivity contribution in [3.8, 4) is 28.5 Å². The van der Waals surface area contributed by atoms with Crippen LogP contribution in [-0.4, -0.2) is 55.7 Å². The van der Waals surface area contributed by atoms with E-state index >= 15 is 0 Å². The Balaban J connectivity index is 1.98. The summed E-state index contributed by atoms with van der Waals surface area (Å²) in [5.74, 6) is -1.17. The van der Waals surface area contributed by atoms with Crippen molar-refractivity contribution >= 4 is 20.2 Å². The minimum Gasteiger partial charge on any atom is -0.496 e. The van der Waals surface area contributed by atoms with Crippen LogP contribution in [0.15, 0.2) is 30.6 Å². The highest BCUT2D eigenvalue weighted by Gasteiger charge is 2.32. The maximum atomic E-state index is 12.9. The fourth-order valence-corrected chi connectivity index (χ4v) is 3.65. The zero-order valence-electron chi connectivity index (χ0n) is 18.6. The van der Waals surface area contributed by atoms with Crippen LogP contribution in [0.4, 0.5) is 8.78 Å². The van der Waals surface area contributed by atoms with Crippen molar-refractivity contribution in [1.82, 2.24) is 14.6 Å². The van der Waals surface area contributed by atoms with Gasteiger partial charge in [0.2, 0.25) is 0 Å². The molecule has 0 aliphatic heterocycles. The summed E-state index contributed by atoms with van der Waals surface area (Å²) in [5, 5.41) is 4.29. The highest BCUT2D eigenvalue weighted by molar-refractivity contribution is 7.39. The van der Waals surface area contributed by atoms with Gasteiger partial charge in [-0.2, -0.15) is 13.9 Å². The van der Waals surface area contributed by atoms with E-state index in [0.29, 0.717) is 22.7 Å². The number of nitrogens with zero attached hydrogens (tertiary/aromatic N) is 3. The van der Waals surface area contributed by atoms with E-state index in [1.54, 1.807) is 26.8 Å². The number of carbonyl (C=O) groups is 1. The lowest BCUT2D eigenvalue weighted by Gasteiger charge is -2.31. The van der Waals surface area contributed by atoms with Crippen LogP contribution >= 0.6 is 8.60 Å². The number of halogens is 2. The Morgan fingerprint density at radius 1 is 1.18 bits per heavy atom. The number of methoxy groups -OCH3 is 1. The van der Waals surface area contributed by atoms with E-state index in [1.807, 2.05) is 0 Å². The van der Waals surface area contributed by atoms with Gasteiger partial charge in [0, 0.05) is 11.6 Å². The smallest absolute Gasteiger partial charge is 0.387 e. The van der Waals surface area contributed by atoms with Crippen molar-refractivity contribution in [1.29, 1.82) is 0 Å². The molecule has 1 aromatic carbocycles. The van der Waals surface area contributed by atoms with E-state index in [9.17, 15) is 13.6 Å². The number of primary amides is 1. The van der Waals surface area contributed by atoms with Crippen LogP contribution in [0.3, 0.4) is 0 Å². The molecule has 0 aliphatic carbocycles. The van der Waals surface area contributed by atoms with Crippen LogP contribution in [-0.2, 0) is 4.52 Å². The molecule has 3 rings (SSSR count). The number of nitrogens with two attached hydrogens (primary N) is 1. The van der Waals surface area contributed by atoms with Gasteiger partial charge in [0.25, 0.3) is 5.91 Å². The summed E-state index contributed by atoms with van der Waals surface area (Å²) in [6.45, 7) is 1.78. The number of rotatable bonds is 10. The van der Waals surface area contributed by atoms with Gasteiger partial charge in [0.1, 0.15) is 34.5 Å². The molecule has 0 bridgehead atoms. The first kappa shape index (κ1) is 25.5. The number of amides is 1. The van der Waals surface area contributed by atoms with Crippen LogP contribution < -0.4 is 19.9 Å². The van der Waals surface area contributed by atoms with Crippen molar-refractivity contribution in [2.75, 3.05) is 7.11 Å². The van der Waals surface area contributed by atoms with Crippen LogP contribution in [0.1, 0.15) is 31.1 Å². The number of hydrogen-bond acceptors (Lipinski definition) is 9. The molecular weight excluding hydrogens is 477 g/mol. The Bertz CT molecular complexity index is 1190. The zero-order valence-corrected chi connectivity index (χ0v) is 19.5. The molecule has 34 heavy (non-hydrogen) atoms. The van der Waals surface area contributed by atoms with Gasteiger partial charge in [-0.25, -0.2) is 9.50 Å². The van der Waals surface area contributed by atoms with E-state index in [0.717, 1.165) is 0 Å². The molecule has 2 aromatic heterocycles. The number of carbonyl (C=O) groups excluding carboxylic acids is 1. The van der Waals surface area contributed by atoms with Crippen molar-refractivity contribution < 1.29 is 42.1 Å². The van der Waals surface area contributed by atoms with Gasteiger partial charge >= 0.3 is 15.2 Å². The number of benzene rings is 1. The highest BCUT2D eigenvalue weighted by Crippen LogP contribution is 2.37. The van der Waals surface area contributed by atoms with Crippen molar-refractivity contribution in [3.63, 3.8) is 0 Å². The van der Waals surface area contributed by atoms with E-state index in [4.69, 9.17) is 29.5 Å². The third kappa shape index (κ3) is 5.50. The third-order valence-electron chi connectivity index (χ3n) is 4.99. The molecule has 1 amide bonds. The Hall–Kier alpha value is -3.12. The Morgan fingerprint density at radius 2 is 1.85 bits per heavy atom. The summed E-state index contributed by atoms with van der Waals surface area (Å²) in [6, 6.07) is 4.22. The van der Waals surface area contributed by atoms with Crippen molar-refractivity contribution in [3.05, 3.63) is 36.2 Å². The Morgan fingerprint density at radius 3 is 2.44 bits per heavy atom. The second kappa shape index (κ2) is 10.0. The minimum absolute atomic E-state index is 0.0562. The first-order valence-corrected chi connectivity index (χ1v) is 10.9. The summed E-state index contributed by atoms with van der Waals surface area (Å²) >= 11 is 0. The van der Waals surface area contributed by atoms with Gasteiger partial charge in [-0.3, -0.25) is 4.79 Å². The van der Waals surface area contributed by atoms with Gasteiger partial charge in [-0.05, 0) is 32.9 Å². The monoisotopic (exact) mass is 500 g/mol. The summed E-state index contributed by atoms with van der Waals surface area (Å²) in [6.07, 6.45) is 2.25. The van der Waals surface area contributed by atoms with Gasteiger partial charge in [0.15, 0.2) is 5.65 Å². The quantitative estimate of drug-likeness (QED) is 0.357. The molecule has 1 unspecified atom stereocenters. The predicted octanol–water partition coefficient (Wildman–Crippen LogP) is 2.88. The standard InChI is InChI=1S/C20H23F2N4O7P/c1-10(20(2,3)33-34(28)29)31-12-7-16-24-9-13(26(16)25-8-12)11-5-14(30-4)17(18(23)27)15(6-11)32-19(21)22/h5-10,19,28-29H,1-4H3,(H2,23,27). The number of aromatic nitrogens is 3. The molecular formula is C20H23F2N4O7P. The molecule has 0 saturated heterocycles. The third-order valence-corrected chi connectivity index (χ3v) is 5.62. The molecule has 0 radical (unpaired) electrons. The molecule has 4 N–H and O–H groups in total. The Labute approximate surface area is 194 Å². The molecule has 2 heterocycles. The second-order valence-corrected chi connectivity index (χ2v) is 8.29. The number of hydrogen-bond donors (Lipinski definition) is 3. The molecule has 3 aromatic rings. The topological polar surface area (TPSA) is 151 Å². The molecule has 14 heteroatoms. The fraction of sp³-hybridized carbons (Fsp3) is 0.350. The average molecular weight is 500 g/mol. The van der Waals surface area contributed by atoms with Gasteiger partial charge < -0.3 is 34.3 Å². The van der Waals surface area contributed by atoms with E-state index < -0.39 is 38.6 Å².